The molecule has 4 aromatic rings. The summed E-state index contributed by atoms with van der Waals surface area (Å²) in [5.74, 6) is 0. The lowest BCUT2D eigenvalue weighted by molar-refractivity contribution is 0.394. The summed E-state index contributed by atoms with van der Waals surface area (Å²) >= 11 is 0. The van der Waals surface area contributed by atoms with Crippen LogP contribution >= 0.6 is 0 Å². The Morgan fingerprint density at radius 1 is 0.483 bits per heavy atom. The Morgan fingerprint density at radius 2 is 0.759 bits per heavy atom. The van der Waals surface area contributed by atoms with Crippen molar-refractivity contribution in [2.24, 2.45) is 0 Å². The minimum atomic E-state index is -0.743. The SMILES string of the molecule is [B]C(c1ccccc1)(c1ccccc1)C(CC)(c1ccccc1)c1ccccc1. The monoisotopic (exact) mass is 372 g/mol. The van der Waals surface area contributed by atoms with Crippen molar-refractivity contribution < 1.29 is 0 Å². The lowest BCUT2D eigenvalue weighted by Gasteiger charge is -2.51. The van der Waals surface area contributed by atoms with Crippen LogP contribution < -0.4 is 0 Å². The highest BCUT2D eigenvalue weighted by Gasteiger charge is 2.50. The lowest BCUT2D eigenvalue weighted by atomic mass is 9.42. The summed E-state index contributed by atoms with van der Waals surface area (Å²) in [6, 6.07) is 42.5. The second kappa shape index (κ2) is 8.13. The number of hydrogen-bond donors (Lipinski definition) is 0. The normalized spacial score (nSPS) is 11.9. The van der Waals surface area contributed by atoms with Gasteiger partial charge in [0.15, 0.2) is 0 Å². The van der Waals surface area contributed by atoms with Crippen LogP contribution in [0.15, 0.2) is 121 Å². The second-order valence-corrected chi connectivity index (χ2v) is 7.53. The summed E-state index contributed by atoms with van der Waals surface area (Å²) < 4.78 is 0. The Balaban J connectivity index is 2.13. The molecule has 0 aromatic heterocycles. The highest BCUT2D eigenvalue weighted by Crippen LogP contribution is 2.52. The van der Waals surface area contributed by atoms with E-state index < -0.39 is 10.7 Å². The second-order valence-electron chi connectivity index (χ2n) is 7.53. The van der Waals surface area contributed by atoms with E-state index in [1.807, 2.05) is 12.1 Å². The molecule has 0 amide bonds. The fraction of sp³-hybridized carbons (Fsp3) is 0.143. The van der Waals surface area contributed by atoms with Crippen LogP contribution in [0.5, 0.6) is 0 Å². The molecule has 0 aliphatic rings. The Kier molecular flexibility index (Phi) is 5.40. The first-order valence-electron chi connectivity index (χ1n) is 10.2. The molecule has 2 radical (unpaired) electrons. The zero-order chi connectivity index (χ0) is 20.2. The molecule has 0 heterocycles. The molecule has 0 fully saturated rings. The predicted octanol–water partition coefficient (Wildman–Crippen LogP) is 6.50. The van der Waals surface area contributed by atoms with E-state index in [0.29, 0.717) is 0 Å². The lowest BCUT2D eigenvalue weighted by Crippen LogP contribution is -2.51. The van der Waals surface area contributed by atoms with Gasteiger partial charge < -0.3 is 0 Å². The van der Waals surface area contributed by atoms with Crippen LogP contribution in [0.2, 0.25) is 0 Å². The van der Waals surface area contributed by atoms with Crippen molar-refractivity contribution in [3.63, 3.8) is 0 Å². The molecule has 0 aliphatic carbocycles. The third-order valence-electron chi connectivity index (χ3n) is 6.19. The van der Waals surface area contributed by atoms with E-state index >= 15 is 0 Å². The third-order valence-corrected chi connectivity index (χ3v) is 6.19. The average Bonchev–Trinajstić information content (AvgIpc) is 2.82. The maximum atomic E-state index is 7.59. The van der Waals surface area contributed by atoms with Gasteiger partial charge in [0.2, 0.25) is 0 Å². The zero-order valence-corrected chi connectivity index (χ0v) is 16.8. The van der Waals surface area contributed by atoms with E-state index in [4.69, 9.17) is 7.85 Å². The molecule has 0 saturated carbocycles. The Hall–Kier alpha value is -3.06. The van der Waals surface area contributed by atoms with Gasteiger partial charge in [0.1, 0.15) is 0 Å². The average molecular weight is 372 g/mol. The van der Waals surface area contributed by atoms with E-state index in [0.717, 1.165) is 17.5 Å². The summed E-state index contributed by atoms with van der Waals surface area (Å²) in [7, 11) is 7.59. The van der Waals surface area contributed by atoms with E-state index in [-0.39, 0.29) is 0 Å². The van der Waals surface area contributed by atoms with E-state index in [1.54, 1.807) is 0 Å². The van der Waals surface area contributed by atoms with Crippen molar-refractivity contribution in [3.8, 4) is 0 Å². The summed E-state index contributed by atoms with van der Waals surface area (Å²) in [5.41, 5.74) is 4.24. The molecule has 0 saturated heterocycles. The molecule has 0 N–H and O–H groups in total. The molecule has 0 atom stereocenters. The number of hydrogen-bond acceptors (Lipinski definition) is 0. The minimum Gasteiger partial charge on any atom is -0.0642 e. The molecule has 0 bridgehead atoms. The molecule has 1 heteroatoms. The van der Waals surface area contributed by atoms with Gasteiger partial charge in [0.25, 0.3) is 0 Å². The van der Waals surface area contributed by atoms with Gasteiger partial charge in [-0.25, -0.2) is 0 Å². The molecule has 0 unspecified atom stereocenters. The van der Waals surface area contributed by atoms with Gasteiger partial charge in [-0.05, 0) is 34.0 Å². The van der Waals surface area contributed by atoms with Crippen molar-refractivity contribution in [3.05, 3.63) is 144 Å². The van der Waals surface area contributed by atoms with Crippen LogP contribution in [0.25, 0.3) is 0 Å². The maximum Gasteiger partial charge on any atom is 0.0892 e. The minimum absolute atomic E-state index is 0.432. The van der Waals surface area contributed by atoms with Gasteiger partial charge in [0.05, 0.1) is 7.85 Å². The fourth-order valence-corrected chi connectivity index (χ4v) is 4.82. The van der Waals surface area contributed by atoms with E-state index in [2.05, 4.69) is 116 Å². The first kappa shape index (κ1) is 19.3. The fourth-order valence-electron chi connectivity index (χ4n) is 4.82. The molecule has 4 aromatic carbocycles. The van der Waals surface area contributed by atoms with Crippen molar-refractivity contribution in [2.45, 2.75) is 24.1 Å². The highest BCUT2D eigenvalue weighted by molar-refractivity contribution is 6.20. The number of rotatable bonds is 6. The van der Waals surface area contributed by atoms with Gasteiger partial charge in [0, 0.05) is 5.41 Å². The van der Waals surface area contributed by atoms with Crippen LogP contribution in [0.4, 0.5) is 0 Å². The van der Waals surface area contributed by atoms with Crippen LogP contribution in [-0.2, 0) is 10.7 Å². The molecular formula is C28H25B. The van der Waals surface area contributed by atoms with Crippen LogP contribution in [0, 0.1) is 0 Å². The maximum absolute atomic E-state index is 7.59. The summed E-state index contributed by atoms with van der Waals surface area (Å²) in [6.45, 7) is 2.24. The highest BCUT2D eigenvalue weighted by atomic mass is 14.5. The first-order valence-corrected chi connectivity index (χ1v) is 10.2. The van der Waals surface area contributed by atoms with E-state index in [9.17, 15) is 0 Å². The van der Waals surface area contributed by atoms with Crippen LogP contribution in [0.1, 0.15) is 35.6 Å². The van der Waals surface area contributed by atoms with Crippen molar-refractivity contribution in [2.75, 3.05) is 0 Å². The molecule has 0 nitrogen and oxygen atoms in total. The van der Waals surface area contributed by atoms with Crippen LogP contribution in [-0.4, -0.2) is 7.85 Å². The Bertz CT molecular complexity index is 946. The van der Waals surface area contributed by atoms with Crippen LogP contribution in [0.3, 0.4) is 0 Å². The summed E-state index contributed by atoms with van der Waals surface area (Å²) in [6.07, 6.45) is 0.862. The van der Waals surface area contributed by atoms with Crippen molar-refractivity contribution in [1.82, 2.24) is 0 Å². The molecule has 29 heavy (non-hydrogen) atoms. The molecule has 140 valence electrons. The van der Waals surface area contributed by atoms with Gasteiger partial charge in [-0.3, -0.25) is 0 Å². The topological polar surface area (TPSA) is 0 Å². The molecule has 4 rings (SSSR count). The quantitative estimate of drug-likeness (QED) is 0.339. The predicted molar refractivity (Wildman–Crippen MR) is 123 cm³/mol. The summed E-state index contributed by atoms with van der Waals surface area (Å²) in [4.78, 5) is 0. The Morgan fingerprint density at radius 3 is 1.03 bits per heavy atom. The van der Waals surface area contributed by atoms with Gasteiger partial charge in [-0.1, -0.05) is 128 Å². The largest absolute Gasteiger partial charge is 0.0892 e. The standard InChI is InChI=1S/C28H25B/c1-2-27(23-15-7-3-8-16-23,24-17-9-4-10-18-24)28(29,25-19-11-5-12-20-25)26-21-13-6-14-22-26/h3-22H,2H2,1H3. The number of benzene rings is 4. The van der Waals surface area contributed by atoms with E-state index in [1.165, 1.54) is 11.1 Å². The Labute approximate surface area is 175 Å². The smallest absolute Gasteiger partial charge is 0.0642 e. The summed E-state index contributed by atoms with van der Waals surface area (Å²) in [5, 5.41) is -0.743. The van der Waals surface area contributed by atoms with Gasteiger partial charge in [-0.2, -0.15) is 0 Å². The van der Waals surface area contributed by atoms with Crippen molar-refractivity contribution in [1.29, 1.82) is 0 Å². The molecule has 0 aliphatic heterocycles. The van der Waals surface area contributed by atoms with Gasteiger partial charge >= 0.3 is 0 Å². The molecular weight excluding hydrogens is 347 g/mol. The van der Waals surface area contributed by atoms with Crippen molar-refractivity contribution >= 4 is 7.85 Å². The first-order chi connectivity index (χ1) is 14.2. The zero-order valence-electron chi connectivity index (χ0n) is 16.8. The molecule has 0 spiro atoms. The third kappa shape index (κ3) is 3.11. The van der Waals surface area contributed by atoms with Gasteiger partial charge in [-0.15, -0.1) is 0 Å².